The molecular formula is C6H5BrN2O3. The highest BCUT2D eigenvalue weighted by atomic mass is 79.9. The molecule has 1 rings (SSSR count). The van der Waals surface area contributed by atoms with Crippen LogP contribution in [0.3, 0.4) is 0 Å². The molecular weight excluding hydrogens is 228 g/mol. The fraction of sp³-hybridized carbons (Fsp3) is 0.167. The maximum Gasteiger partial charge on any atom is 0.315 e. The summed E-state index contributed by atoms with van der Waals surface area (Å²) in [6, 6.07) is 1.07. The van der Waals surface area contributed by atoms with Crippen LogP contribution in [0.5, 0.6) is 5.75 Å². The Labute approximate surface area is 80.9 Å². The van der Waals surface area contributed by atoms with E-state index in [1.54, 1.807) is 0 Å². The van der Waals surface area contributed by atoms with Gasteiger partial charge in [0.2, 0.25) is 5.75 Å². The summed E-state index contributed by atoms with van der Waals surface area (Å²) in [5.41, 5.74) is -0.451. The molecule has 0 atom stereocenters. The largest absolute Gasteiger partial charge is 0.489 e. The summed E-state index contributed by atoms with van der Waals surface area (Å²) in [5, 5.41) is 10.6. The topological polar surface area (TPSA) is 65.3 Å². The third kappa shape index (κ3) is 1.70. The summed E-state index contributed by atoms with van der Waals surface area (Å²) >= 11 is 2.93. The average Bonchev–Trinajstić information content (AvgIpc) is 2.05. The number of nitrogens with zero attached hydrogens (tertiary/aromatic N) is 2. The van der Waals surface area contributed by atoms with Crippen LogP contribution in [0.25, 0.3) is 0 Å². The average molecular weight is 236 g/mol. The molecule has 0 amide bonds. The summed E-state index contributed by atoms with van der Waals surface area (Å²) in [6.45, 7) is 0. The van der Waals surface area contributed by atoms with Gasteiger partial charge in [-0.15, -0.1) is 0 Å². The van der Waals surface area contributed by atoms with Gasteiger partial charge in [0.15, 0.2) is 0 Å². The van der Waals surface area contributed by atoms with E-state index < -0.39 is 17.6 Å². The van der Waals surface area contributed by atoms with Crippen LogP contribution in [0.15, 0.2) is 16.9 Å². The molecule has 0 fully saturated rings. The van der Waals surface area contributed by atoms with E-state index in [9.17, 15) is 10.1 Å². The first kappa shape index (κ1) is 5.47. The molecule has 1 heterocycles. The molecule has 0 spiro atoms. The van der Waals surface area contributed by atoms with E-state index in [1.165, 1.54) is 0 Å². The highest BCUT2D eigenvalue weighted by Gasteiger charge is 2.14. The fourth-order valence-electron chi connectivity index (χ4n) is 0.629. The zero-order valence-electron chi connectivity index (χ0n) is 8.65. The minimum Gasteiger partial charge on any atom is -0.489 e. The van der Waals surface area contributed by atoms with Gasteiger partial charge in [-0.25, -0.2) is 4.98 Å². The number of hydrogen-bond donors (Lipinski definition) is 0. The molecule has 0 bridgehead atoms. The van der Waals surface area contributed by atoms with E-state index in [2.05, 4.69) is 25.7 Å². The molecule has 0 unspecified atom stereocenters. The van der Waals surface area contributed by atoms with E-state index in [1.807, 2.05) is 0 Å². The Morgan fingerprint density at radius 1 is 1.92 bits per heavy atom. The number of rotatable bonds is 2. The van der Waals surface area contributed by atoms with Crippen LogP contribution in [0, 0.1) is 10.1 Å². The van der Waals surface area contributed by atoms with E-state index >= 15 is 0 Å². The van der Waals surface area contributed by atoms with Crippen LogP contribution in [-0.4, -0.2) is 16.9 Å². The second-order valence-corrected chi connectivity index (χ2v) is 2.65. The van der Waals surface area contributed by atoms with Crippen molar-refractivity contribution in [2.24, 2.45) is 0 Å². The van der Waals surface area contributed by atoms with Gasteiger partial charge in [0.1, 0.15) is 4.60 Å². The summed E-state index contributed by atoms with van der Waals surface area (Å²) in [4.78, 5) is 13.5. The van der Waals surface area contributed by atoms with Crippen molar-refractivity contribution in [2.75, 3.05) is 7.04 Å². The number of pyridine rings is 1. The molecule has 0 aromatic carbocycles. The first-order valence-corrected chi connectivity index (χ1v) is 3.58. The molecule has 1 aromatic heterocycles. The smallest absolute Gasteiger partial charge is 0.315 e. The van der Waals surface area contributed by atoms with E-state index in [0.717, 1.165) is 12.3 Å². The van der Waals surface area contributed by atoms with Gasteiger partial charge in [0.05, 0.1) is 28.3 Å². The van der Waals surface area contributed by atoms with Crippen molar-refractivity contribution in [1.82, 2.24) is 4.98 Å². The van der Waals surface area contributed by atoms with E-state index in [0.29, 0.717) is 0 Å². The summed E-state index contributed by atoms with van der Waals surface area (Å²) in [5.74, 6) is -0.386. The Kier molecular flexibility index (Phi) is 1.59. The van der Waals surface area contributed by atoms with E-state index in [4.69, 9.17) is 4.11 Å². The molecule has 1 aromatic rings. The van der Waals surface area contributed by atoms with E-state index in [-0.39, 0.29) is 10.4 Å². The highest BCUT2D eigenvalue weighted by molar-refractivity contribution is 9.10. The minimum absolute atomic E-state index is 0.229. The Balaban J connectivity index is 3.12. The molecule has 64 valence electrons. The van der Waals surface area contributed by atoms with Crippen LogP contribution in [0.2, 0.25) is 0 Å². The third-order valence-corrected chi connectivity index (χ3v) is 1.55. The lowest BCUT2D eigenvalue weighted by Crippen LogP contribution is -1.94. The van der Waals surface area contributed by atoms with Gasteiger partial charge in [-0.1, -0.05) is 0 Å². The zero-order chi connectivity index (χ0) is 11.6. The lowest BCUT2D eigenvalue weighted by atomic mass is 10.4. The van der Waals surface area contributed by atoms with Gasteiger partial charge in [0, 0.05) is 0 Å². The van der Waals surface area contributed by atoms with Crippen molar-refractivity contribution in [3.63, 3.8) is 0 Å². The number of aromatic nitrogens is 1. The molecule has 0 radical (unpaired) electrons. The zero-order valence-corrected chi connectivity index (χ0v) is 7.24. The molecule has 0 N–H and O–H groups in total. The Bertz CT molecular complexity index is 396. The Morgan fingerprint density at radius 3 is 3.25 bits per heavy atom. The standard InChI is InChI=1S/C6H5BrN2O3/c1-12-5-3-8-6(7)2-4(5)9(10)11/h2-3H,1H3/i1D3. The molecule has 0 aliphatic heterocycles. The minimum atomic E-state index is -2.74. The number of methoxy groups -OCH3 is 1. The van der Waals surface area contributed by atoms with Crippen molar-refractivity contribution >= 4 is 21.6 Å². The highest BCUT2D eigenvalue weighted by Crippen LogP contribution is 2.27. The number of ether oxygens (including phenoxy) is 1. The third-order valence-electron chi connectivity index (χ3n) is 1.12. The van der Waals surface area contributed by atoms with Crippen LogP contribution in [0.1, 0.15) is 4.11 Å². The van der Waals surface area contributed by atoms with Crippen LogP contribution in [-0.2, 0) is 0 Å². The van der Waals surface area contributed by atoms with Gasteiger partial charge in [-0.2, -0.15) is 0 Å². The quantitative estimate of drug-likeness (QED) is 0.445. The van der Waals surface area contributed by atoms with Gasteiger partial charge < -0.3 is 4.74 Å². The molecule has 0 saturated heterocycles. The van der Waals surface area contributed by atoms with Crippen LogP contribution in [0.4, 0.5) is 5.69 Å². The number of halogens is 1. The summed E-state index contributed by atoms with van der Waals surface area (Å²) < 4.78 is 25.1. The SMILES string of the molecule is [2H]C([2H])([2H])Oc1cnc(Br)cc1[N+](=O)[O-]. The first-order valence-electron chi connectivity index (χ1n) is 4.28. The van der Waals surface area contributed by atoms with Crippen molar-refractivity contribution in [3.8, 4) is 5.75 Å². The summed E-state index contributed by atoms with van der Waals surface area (Å²) in [6.07, 6.45) is 0.981. The van der Waals surface area contributed by atoms with Crippen molar-refractivity contribution < 1.29 is 13.8 Å². The fourth-order valence-corrected chi connectivity index (χ4v) is 0.948. The number of nitro groups is 1. The molecule has 12 heavy (non-hydrogen) atoms. The van der Waals surface area contributed by atoms with Gasteiger partial charge in [-0.3, -0.25) is 10.1 Å². The molecule has 0 aliphatic rings. The van der Waals surface area contributed by atoms with Crippen molar-refractivity contribution in [2.45, 2.75) is 0 Å². The van der Waals surface area contributed by atoms with Crippen molar-refractivity contribution in [3.05, 3.63) is 27.0 Å². The lowest BCUT2D eigenvalue weighted by molar-refractivity contribution is -0.385. The normalized spacial score (nSPS) is 14.2. The van der Waals surface area contributed by atoms with Crippen LogP contribution >= 0.6 is 15.9 Å². The maximum atomic E-state index is 10.6. The Morgan fingerprint density at radius 2 is 2.67 bits per heavy atom. The lowest BCUT2D eigenvalue weighted by Gasteiger charge is -1.99. The van der Waals surface area contributed by atoms with Gasteiger partial charge >= 0.3 is 5.69 Å². The second-order valence-electron chi connectivity index (χ2n) is 1.83. The Hall–Kier alpha value is -1.17. The van der Waals surface area contributed by atoms with Crippen molar-refractivity contribution in [1.29, 1.82) is 0 Å². The van der Waals surface area contributed by atoms with Crippen LogP contribution < -0.4 is 4.74 Å². The maximum absolute atomic E-state index is 10.6. The summed E-state index contributed by atoms with van der Waals surface area (Å²) in [7, 11) is -2.74. The molecule has 6 heteroatoms. The second kappa shape index (κ2) is 3.48. The number of hydrogen-bond acceptors (Lipinski definition) is 4. The van der Waals surface area contributed by atoms with Gasteiger partial charge in [-0.05, 0) is 15.9 Å². The monoisotopic (exact) mass is 235 g/mol. The molecule has 0 saturated carbocycles. The predicted octanol–water partition coefficient (Wildman–Crippen LogP) is 1.76. The predicted molar refractivity (Wildman–Crippen MR) is 45.1 cm³/mol. The first-order chi connectivity index (χ1) is 6.79. The molecule has 0 aliphatic carbocycles. The van der Waals surface area contributed by atoms with Gasteiger partial charge in [0.25, 0.3) is 0 Å². The molecule has 5 nitrogen and oxygen atoms in total.